The lowest BCUT2D eigenvalue weighted by atomic mass is 10.0. The van der Waals surface area contributed by atoms with Crippen molar-refractivity contribution in [2.24, 2.45) is 5.92 Å². The number of amides is 1. The molecule has 0 aliphatic heterocycles. The zero-order valence-corrected chi connectivity index (χ0v) is 17.6. The fourth-order valence-electron chi connectivity index (χ4n) is 2.68. The van der Waals surface area contributed by atoms with Gasteiger partial charge in [0.1, 0.15) is 17.5 Å². The van der Waals surface area contributed by atoms with Crippen LogP contribution in [-0.2, 0) is 9.53 Å². The fourth-order valence-corrected chi connectivity index (χ4v) is 2.68. The molecule has 0 saturated carbocycles. The highest BCUT2D eigenvalue weighted by atomic mass is 16.5. The van der Waals surface area contributed by atoms with Crippen molar-refractivity contribution in [3.05, 3.63) is 59.7 Å². The third kappa shape index (κ3) is 6.34. The molecule has 0 aromatic heterocycles. The molecule has 30 heavy (non-hydrogen) atoms. The number of methoxy groups -OCH3 is 1. The second-order valence-electron chi connectivity index (χ2n) is 6.91. The Kier molecular flexibility index (Phi) is 8.41. The van der Waals surface area contributed by atoms with Gasteiger partial charge in [-0.3, -0.25) is 9.59 Å². The molecule has 1 N–H and O–H groups in total. The molecule has 0 fully saturated rings. The van der Waals surface area contributed by atoms with Crippen LogP contribution in [0.4, 0.5) is 0 Å². The van der Waals surface area contributed by atoms with Gasteiger partial charge in [0.05, 0.1) is 13.7 Å². The number of esters is 1. The first-order chi connectivity index (χ1) is 14.3. The number of benzene rings is 2. The van der Waals surface area contributed by atoms with Crippen LogP contribution in [0.1, 0.15) is 41.5 Å². The lowest BCUT2D eigenvalue weighted by Crippen LogP contribution is -2.45. The molecule has 1 amide bonds. The van der Waals surface area contributed by atoms with Crippen molar-refractivity contribution in [1.29, 1.82) is 0 Å². The number of carbonyl (C=O) groups excluding carboxylic acids is 3. The number of hydrogen-bond donors (Lipinski definition) is 1. The Morgan fingerprint density at radius 1 is 0.900 bits per heavy atom. The van der Waals surface area contributed by atoms with E-state index in [0.29, 0.717) is 29.2 Å². The maximum absolute atomic E-state index is 12.5. The minimum absolute atomic E-state index is 0.222. The number of nitrogens with one attached hydrogen (secondary N) is 1. The number of ether oxygens (including phenoxy) is 3. The van der Waals surface area contributed by atoms with E-state index in [4.69, 9.17) is 14.2 Å². The van der Waals surface area contributed by atoms with Gasteiger partial charge >= 0.3 is 5.97 Å². The summed E-state index contributed by atoms with van der Waals surface area (Å²) in [5.41, 5.74) is 0.800. The topological polar surface area (TPSA) is 90.9 Å². The molecule has 0 heterocycles. The molecule has 2 aromatic rings. The van der Waals surface area contributed by atoms with Crippen molar-refractivity contribution in [2.75, 3.05) is 20.3 Å². The van der Waals surface area contributed by atoms with Crippen molar-refractivity contribution in [2.45, 2.75) is 26.8 Å². The quantitative estimate of drug-likeness (QED) is 0.475. The van der Waals surface area contributed by atoms with Gasteiger partial charge in [0.2, 0.25) is 0 Å². The largest absolute Gasteiger partial charge is 0.497 e. The molecule has 7 nitrogen and oxygen atoms in total. The second-order valence-corrected chi connectivity index (χ2v) is 6.91. The highest BCUT2D eigenvalue weighted by Crippen LogP contribution is 2.14. The molecular weight excluding hydrogens is 386 g/mol. The van der Waals surface area contributed by atoms with Crippen molar-refractivity contribution >= 4 is 17.7 Å². The lowest BCUT2D eigenvalue weighted by Gasteiger charge is -2.21. The van der Waals surface area contributed by atoms with Crippen LogP contribution in [0.25, 0.3) is 0 Å². The van der Waals surface area contributed by atoms with Crippen molar-refractivity contribution in [3.8, 4) is 11.5 Å². The fraction of sp³-hybridized carbons (Fsp3) is 0.348. The van der Waals surface area contributed by atoms with Crippen LogP contribution in [0.3, 0.4) is 0 Å². The zero-order chi connectivity index (χ0) is 22.1. The first kappa shape index (κ1) is 22.9. The molecule has 2 aromatic carbocycles. The van der Waals surface area contributed by atoms with Crippen LogP contribution in [-0.4, -0.2) is 44.0 Å². The van der Waals surface area contributed by atoms with E-state index in [1.807, 2.05) is 6.92 Å². The van der Waals surface area contributed by atoms with E-state index in [1.165, 1.54) is 7.11 Å². The minimum atomic E-state index is -0.882. The second kappa shape index (κ2) is 11.0. The van der Waals surface area contributed by atoms with Gasteiger partial charge in [0, 0.05) is 11.1 Å². The summed E-state index contributed by atoms with van der Waals surface area (Å²) in [5, 5.41) is 2.68. The van der Waals surface area contributed by atoms with E-state index in [9.17, 15) is 14.4 Å². The molecule has 0 saturated heterocycles. The summed E-state index contributed by atoms with van der Waals surface area (Å²) >= 11 is 0. The zero-order valence-electron chi connectivity index (χ0n) is 17.6. The molecule has 0 spiro atoms. The molecule has 0 unspecified atom stereocenters. The average Bonchev–Trinajstić information content (AvgIpc) is 2.76. The van der Waals surface area contributed by atoms with Crippen molar-refractivity contribution in [1.82, 2.24) is 5.32 Å². The third-order valence-electron chi connectivity index (χ3n) is 4.39. The van der Waals surface area contributed by atoms with Crippen LogP contribution >= 0.6 is 0 Å². The number of Topliss-reactive ketones (excluding diaryl/α,β-unsaturated/α-hetero) is 1. The van der Waals surface area contributed by atoms with Crippen LogP contribution < -0.4 is 14.8 Å². The minimum Gasteiger partial charge on any atom is -0.497 e. The van der Waals surface area contributed by atoms with E-state index in [-0.39, 0.29) is 11.7 Å². The molecule has 0 aliphatic rings. The van der Waals surface area contributed by atoms with E-state index in [0.717, 1.165) is 0 Å². The van der Waals surface area contributed by atoms with Crippen LogP contribution in [0.15, 0.2) is 48.5 Å². The number of carbonyl (C=O) groups is 3. The van der Waals surface area contributed by atoms with E-state index >= 15 is 0 Å². The maximum atomic E-state index is 12.5. The summed E-state index contributed by atoms with van der Waals surface area (Å²) in [6.45, 7) is 5.57. The lowest BCUT2D eigenvalue weighted by molar-refractivity contribution is -0.145. The van der Waals surface area contributed by atoms with Gasteiger partial charge in [-0.05, 0) is 61.4 Å². The summed E-state index contributed by atoms with van der Waals surface area (Å²) in [6.07, 6.45) is 0. The van der Waals surface area contributed by atoms with Gasteiger partial charge < -0.3 is 19.5 Å². The Hall–Kier alpha value is -3.35. The Balaban J connectivity index is 1.96. The first-order valence-corrected chi connectivity index (χ1v) is 9.73. The SMILES string of the molecule is CCOc1ccc(C(=O)N[C@H](C(=O)OCC(=O)c2ccc(OC)cc2)C(C)C)cc1. The Morgan fingerprint density at radius 2 is 1.47 bits per heavy atom. The molecular formula is C23H27NO6. The van der Waals surface area contributed by atoms with Crippen LogP contribution in [0.5, 0.6) is 11.5 Å². The average molecular weight is 413 g/mol. The van der Waals surface area contributed by atoms with Gasteiger partial charge in [-0.2, -0.15) is 0 Å². The predicted molar refractivity (Wildman–Crippen MR) is 112 cm³/mol. The Bertz CT molecular complexity index is 858. The predicted octanol–water partition coefficient (Wildman–Crippen LogP) is 3.27. The normalized spacial score (nSPS) is 11.5. The summed E-state index contributed by atoms with van der Waals surface area (Å²) < 4.78 is 15.6. The summed E-state index contributed by atoms with van der Waals surface area (Å²) in [5.74, 6) is -0.348. The molecule has 1 atom stereocenters. The van der Waals surface area contributed by atoms with E-state index in [2.05, 4.69) is 5.32 Å². The molecule has 0 aliphatic carbocycles. The number of rotatable bonds is 10. The monoisotopic (exact) mass is 413 g/mol. The summed E-state index contributed by atoms with van der Waals surface area (Å²) in [7, 11) is 1.53. The van der Waals surface area contributed by atoms with Gasteiger partial charge in [-0.25, -0.2) is 4.79 Å². The first-order valence-electron chi connectivity index (χ1n) is 9.73. The maximum Gasteiger partial charge on any atom is 0.329 e. The van der Waals surface area contributed by atoms with Gasteiger partial charge in [-0.1, -0.05) is 13.8 Å². The van der Waals surface area contributed by atoms with Crippen molar-refractivity contribution in [3.63, 3.8) is 0 Å². The Labute approximate surface area is 176 Å². The van der Waals surface area contributed by atoms with Gasteiger partial charge in [0.25, 0.3) is 5.91 Å². The summed E-state index contributed by atoms with van der Waals surface area (Å²) in [6, 6.07) is 12.3. The van der Waals surface area contributed by atoms with E-state index < -0.39 is 24.5 Å². The van der Waals surface area contributed by atoms with Crippen LogP contribution in [0, 0.1) is 5.92 Å². The number of hydrogen-bond acceptors (Lipinski definition) is 6. The number of ketones is 1. The Morgan fingerprint density at radius 3 is 2.00 bits per heavy atom. The molecule has 2 rings (SSSR count). The highest BCUT2D eigenvalue weighted by molar-refractivity contribution is 5.99. The standard InChI is InChI=1S/C23H27NO6/c1-5-29-19-12-8-17(9-13-19)22(26)24-21(15(2)3)23(27)30-14-20(25)16-6-10-18(28-4)11-7-16/h6-13,15,21H,5,14H2,1-4H3,(H,24,26)/t21-/m0/s1. The molecule has 160 valence electrons. The molecule has 0 bridgehead atoms. The molecule has 0 radical (unpaired) electrons. The summed E-state index contributed by atoms with van der Waals surface area (Å²) in [4.78, 5) is 37.3. The smallest absolute Gasteiger partial charge is 0.329 e. The molecule has 7 heteroatoms. The highest BCUT2D eigenvalue weighted by Gasteiger charge is 2.27. The van der Waals surface area contributed by atoms with E-state index in [1.54, 1.807) is 62.4 Å². The van der Waals surface area contributed by atoms with Gasteiger partial charge in [-0.15, -0.1) is 0 Å². The third-order valence-corrected chi connectivity index (χ3v) is 4.39. The van der Waals surface area contributed by atoms with Crippen molar-refractivity contribution < 1.29 is 28.6 Å². The van der Waals surface area contributed by atoms with Crippen LogP contribution in [0.2, 0.25) is 0 Å². The van der Waals surface area contributed by atoms with Gasteiger partial charge in [0.15, 0.2) is 12.4 Å².